The van der Waals surface area contributed by atoms with E-state index in [1.54, 1.807) is 30.1 Å². The van der Waals surface area contributed by atoms with Crippen LogP contribution in [0.1, 0.15) is 17.9 Å². The molecule has 134 valence electrons. The molecule has 8 heteroatoms. The van der Waals surface area contributed by atoms with Crippen molar-refractivity contribution in [3.05, 3.63) is 46.0 Å². The first-order valence-electron chi connectivity index (χ1n) is 7.78. The van der Waals surface area contributed by atoms with Crippen LogP contribution in [0.2, 0.25) is 10.0 Å². The fourth-order valence-corrected chi connectivity index (χ4v) is 3.74. The minimum absolute atomic E-state index is 0.241. The molecule has 2 heterocycles. The van der Waals surface area contributed by atoms with Crippen LogP contribution in [0.4, 0.5) is 0 Å². The smallest absolute Gasteiger partial charge is 0.335 e. The van der Waals surface area contributed by atoms with Gasteiger partial charge in [0.25, 0.3) is 0 Å². The summed E-state index contributed by atoms with van der Waals surface area (Å²) in [4.78, 5) is 25.6. The highest BCUT2D eigenvalue weighted by Crippen LogP contribution is 2.45. The van der Waals surface area contributed by atoms with Crippen LogP contribution in [-0.2, 0) is 19.1 Å². The Hall–Kier alpha value is -1.60. The lowest BCUT2D eigenvalue weighted by Crippen LogP contribution is -2.63. The quantitative estimate of drug-likeness (QED) is 0.787. The van der Waals surface area contributed by atoms with Crippen molar-refractivity contribution < 1.29 is 24.2 Å². The van der Waals surface area contributed by atoms with E-state index in [-0.39, 0.29) is 12.5 Å². The molecule has 1 N–H and O–H groups in total. The van der Waals surface area contributed by atoms with E-state index in [9.17, 15) is 14.7 Å². The molecule has 0 amide bonds. The lowest BCUT2D eigenvalue weighted by Gasteiger charge is -2.49. The number of hydrogen-bond donors (Lipinski definition) is 1. The molecule has 0 bridgehead atoms. The maximum atomic E-state index is 12.0. The van der Waals surface area contributed by atoms with Crippen molar-refractivity contribution in [3.8, 4) is 0 Å². The van der Waals surface area contributed by atoms with Crippen LogP contribution in [0.3, 0.4) is 0 Å². The van der Waals surface area contributed by atoms with Gasteiger partial charge in [-0.3, -0.25) is 0 Å². The van der Waals surface area contributed by atoms with Gasteiger partial charge in [-0.2, -0.15) is 0 Å². The summed E-state index contributed by atoms with van der Waals surface area (Å²) in [6, 6.07) is 5.19. The van der Waals surface area contributed by atoms with Crippen molar-refractivity contribution in [2.45, 2.75) is 18.2 Å². The van der Waals surface area contributed by atoms with Gasteiger partial charge in [0.15, 0.2) is 0 Å². The molecule has 0 saturated carbocycles. The third-order valence-electron chi connectivity index (χ3n) is 4.68. The van der Waals surface area contributed by atoms with Crippen LogP contribution in [0.5, 0.6) is 0 Å². The minimum Gasteiger partial charge on any atom is -0.405 e. The van der Waals surface area contributed by atoms with E-state index in [4.69, 9.17) is 32.7 Å². The molecule has 6 nitrogen and oxygen atoms in total. The molecule has 1 aromatic rings. The number of esters is 2. The Labute approximate surface area is 154 Å². The fourth-order valence-electron chi connectivity index (χ4n) is 3.43. The van der Waals surface area contributed by atoms with E-state index in [2.05, 4.69) is 0 Å². The topological polar surface area (TPSA) is 76.1 Å². The normalized spacial score (nSPS) is 26.2. The molecule has 1 spiro atoms. The molecule has 2 aliphatic heterocycles. The zero-order chi connectivity index (χ0) is 18.2. The number of likely N-dealkylation sites (tertiary alicyclic amines) is 1. The number of ether oxygens (including phenoxy) is 2. The van der Waals surface area contributed by atoms with Gasteiger partial charge in [0, 0.05) is 18.7 Å². The summed E-state index contributed by atoms with van der Waals surface area (Å²) >= 11 is 12.1. The van der Waals surface area contributed by atoms with Crippen molar-refractivity contribution in [2.24, 2.45) is 5.92 Å². The molecule has 2 aliphatic rings. The lowest BCUT2D eigenvalue weighted by atomic mass is 9.78. The second-order valence-electron chi connectivity index (χ2n) is 6.09. The first-order chi connectivity index (χ1) is 11.9. The number of nitrogens with zero attached hydrogens (tertiary/aromatic N) is 1. The predicted molar refractivity (Wildman–Crippen MR) is 91.1 cm³/mol. The first-order valence-corrected chi connectivity index (χ1v) is 8.54. The Morgan fingerprint density at radius 2 is 1.84 bits per heavy atom. The van der Waals surface area contributed by atoms with E-state index in [1.165, 1.54) is 0 Å². The van der Waals surface area contributed by atoms with Crippen molar-refractivity contribution in [3.63, 3.8) is 0 Å². The zero-order valence-corrected chi connectivity index (χ0v) is 15.0. The van der Waals surface area contributed by atoms with E-state index in [1.807, 2.05) is 0 Å². The monoisotopic (exact) mass is 385 g/mol. The Balaban J connectivity index is 2.04. The summed E-state index contributed by atoms with van der Waals surface area (Å²) in [5.74, 6) is -4.01. The second-order valence-corrected chi connectivity index (χ2v) is 6.90. The summed E-state index contributed by atoms with van der Waals surface area (Å²) in [6.45, 7) is 0.137. The highest BCUT2D eigenvalue weighted by molar-refractivity contribution is 6.42. The van der Waals surface area contributed by atoms with Gasteiger partial charge in [-0.05, 0) is 37.1 Å². The summed E-state index contributed by atoms with van der Waals surface area (Å²) in [6.07, 6.45) is 2.69. The van der Waals surface area contributed by atoms with Crippen molar-refractivity contribution in [2.75, 3.05) is 20.2 Å². The average molecular weight is 386 g/mol. The standard InChI is InChI=1S/C17H17Cl2NO5/c1-20-7-6-11(10-2-3-13(18)14(19)8-10)12(9-21)17(20)24-15(22)4-5-16(23)25-17/h2-5,8,11-12,21H,6-7,9H2,1H3. The SMILES string of the molecule is CN1CCC(c2ccc(Cl)c(Cl)c2)C(CO)C12OC(=O)C=CC(=O)O2. The van der Waals surface area contributed by atoms with E-state index < -0.39 is 23.8 Å². The number of aliphatic hydroxyl groups excluding tert-OH is 1. The third kappa shape index (κ3) is 3.27. The summed E-state index contributed by atoms with van der Waals surface area (Å²) in [5.41, 5.74) is 0.824. The van der Waals surface area contributed by atoms with Crippen molar-refractivity contribution in [1.82, 2.24) is 4.90 Å². The molecule has 1 aromatic carbocycles. The summed E-state index contributed by atoms with van der Waals surface area (Å²) in [5, 5.41) is 10.9. The van der Waals surface area contributed by atoms with E-state index in [0.29, 0.717) is 23.0 Å². The van der Waals surface area contributed by atoms with Crippen LogP contribution in [0.15, 0.2) is 30.4 Å². The number of carbonyl (C=O) groups is 2. The fraction of sp³-hybridized carbons (Fsp3) is 0.412. The molecule has 2 atom stereocenters. The number of piperidine rings is 1. The highest BCUT2D eigenvalue weighted by atomic mass is 35.5. The molecule has 0 aromatic heterocycles. The van der Waals surface area contributed by atoms with Crippen LogP contribution in [0, 0.1) is 5.92 Å². The maximum absolute atomic E-state index is 12.0. The molecule has 0 radical (unpaired) electrons. The number of halogens is 2. The number of benzene rings is 1. The lowest BCUT2D eigenvalue weighted by molar-refractivity contribution is -0.319. The first kappa shape index (κ1) is 18.2. The van der Waals surface area contributed by atoms with Gasteiger partial charge in [0.05, 0.1) is 22.6 Å². The molecule has 0 aliphatic carbocycles. The molecular weight excluding hydrogens is 369 g/mol. The largest absolute Gasteiger partial charge is 0.405 e. The number of aliphatic hydroxyl groups is 1. The van der Waals surface area contributed by atoms with Crippen molar-refractivity contribution in [1.29, 1.82) is 0 Å². The Morgan fingerprint density at radius 1 is 1.20 bits per heavy atom. The molecule has 2 unspecified atom stereocenters. The van der Waals surface area contributed by atoms with E-state index >= 15 is 0 Å². The second kappa shape index (κ2) is 6.96. The average Bonchev–Trinajstić information content (AvgIpc) is 2.72. The van der Waals surface area contributed by atoms with Gasteiger partial charge in [0.2, 0.25) is 0 Å². The minimum atomic E-state index is -1.68. The third-order valence-corrected chi connectivity index (χ3v) is 5.42. The Bertz CT molecular complexity index is 716. The highest BCUT2D eigenvalue weighted by Gasteiger charge is 2.56. The maximum Gasteiger partial charge on any atom is 0.335 e. The van der Waals surface area contributed by atoms with Gasteiger partial charge in [-0.15, -0.1) is 0 Å². The van der Waals surface area contributed by atoms with E-state index in [0.717, 1.165) is 17.7 Å². The van der Waals surface area contributed by atoms with Gasteiger partial charge in [-0.1, -0.05) is 29.3 Å². The van der Waals surface area contributed by atoms with Gasteiger partial charge >= 0.3 is 17.8 Å². The molecule has 3 rings (SSSR count). The number of carbonyl (C=O) groups excluding carboxylic acids is 2. The number of hydrogen-bond acceptors (Lipinski definition) is 6. The van der Waals surface area contributed by atoms with Crippen LogP contribution in [-0.4, -0.2) is 48.1 Å². The van der Waals surface area contributed by atoms with Gasteiger partial charge in [0.1, 0.15) is 0 Å². The Morgan fingerprint density at radius 3 is 2.40 bits per heavy atom. The Kier molecular flexibility index (Phi) is 5.06. The molecule has 1 saturated heterocycles. The predicted octanol–water partition coefficient (Wildman–Crippen LogP) is 2.33. The van der Waals surface area contributed by atoms with Crippen LogP contribution in [0.25, 0.3) is 0 Å². The summed E-state index contributed by atoms with van der Waals surface area (Å²) in [7, 11) is 1.68. The van der Waals surface area contributed by atoms with Gasteiger partial charge in [-0.25, -0.2) is 14.5 Å². The van der Waals surface area contributed by atoms with Gasteiger partial charge < -0.3 is 14.6 Å². The van der Waals surface area contributed by atoms with Crippen LogP contribution < -0.4 is 0 Å². The molecule has 25 heavy (non-hydrogen) atoms. The van der Waals surface area contributed by atoms with Crippen molar-refractivity contribution >= 4 is 35.1 Å². The molecular formula is C17H17Cl2NO5. The summed E-state index contributed by atoms with van der Waals surface area (Å²) < 4.78 is 10.9. The van der Waals surface area contributed by atoms with Crippen LogP contribution >= 0.6 is 23.2 Å². The number of rotatable bonds is 2. The molecule has 1 fully saturated rings. The zero-order valence-electron chi connectivity index (χ0n) is 13.4.